The van der Waals surface area contributed by atoms with Gasteiger partial charge in [-0.1, -0.05) is 57.2 Å². The molecule has 2 heterocycles. The molecule has 0 N–H and O–H groups in total. The first kappa shape index (κ1) is 19.2. The van der Waals surface area contributed by atoms with Crippen molar-refractivity contribution in [1.29, 1.82) is 0 Å². The van der Waals surface area contributed by atoms with E-state index in [1.165, 1.54) is 0 Å². The number of carbonyl (C=O) groups is 1. The standard InChI is InChI=1S/C24H24O5/c1-5-27-23(26)21-18(14-9-7-6-8-10-14)19-20(29-21)16-13-15(24(2,3)4)11-12-17(16)28-22(19)25/h6-13,18,21H,5H2,1-4H3/t18-,21-/m1/s1. The predicted molar refractivity (Wildman–Crippen MR) is 111 cm³/mol. The molecule has 0 aliphatic carbocycles. The highest BCUT2D eigenvalue weighted by Crippen LogP contribution is 2.45. The van der Waals surface area contributed by atoms with E-state index < -0.39 is 23.6 Å². The lowest BCUT2D eigenvalue weighted by Crippen LogP contribution is -2.32. The van der Waals surface area contributed by atoms with Crippen LogP contribution >= 0.6 is 0 Å². The summed E-state index contributed by atoms with van der Waals surface area (Å²) in [5.41, 5.74) is 2.13. The summed E-state index contributed by atoms with van der Waals surface area (Å²) in [4.78, 5) is 25.6. The Kier molecular flexibility index (Phi) is 4.69. The zero-order chi connectivity index (χ0) is 20.8. The minimum Gasteiger partial charge on any atom is -0.476 e. The van der Waals surface area contributed by atoms with Crippen molar-refractivity contribution < 1.29 is 18.7 Å². The van der Waals surface area contributed by atoms with Crippen LogP contribution < -0.4 is 10.4 Å². The van der Waals surface area contributed by atoms with Crippen molar-refractivity contribution in [1.82, 2.24) is 0 Å². The monoisotopic (exact) mass is 392 g/mol. The Labute approximate surface area is 169 Å². The van der Waals surface area contributed by atoms with Crippen LogP contribution in [0, 0.1) is 0 Å². The van der Waals surface area contributed by atoms with Crippen molar-refractivity contribution in [2.45, 2.75) is 45.1 Å². The van der Waals surface area contributed by atoms with Gasteiger partial charge in [0.2, 0.25) is 6.10 Å². The summed E-state index contributed by atoms with van der Waals surface area (Å²) in [6.45, 7) is 8.32. The zero-order valence-corrected chi connectivity index (χ0v) is 17.0. The van der Waals surface area contributed by atoms with Crippen LogP contribution in [0.3, 0.4) is 0 Å². The fraction of sp³-hybridized carbons (Fsp3) is 0.333. The Morgan fingerprint density at radius 2 is 1.83 bits per heavy atom. The number of fused-ring (bicyclic) bond motifs is 3. The van der Waals surface area contributed by atoms with Crippen LogP contribution in [-0.4, -0.2) is 18.7 Å². The first-order valence-corrected chi connectivity index (χ1v) is 9.80. The van der Waals surface area contributed by atoms with E-state index >= 15 is 0 Å². The molecule has 5 nitrogen and oxygen atoms in total. The molecule has 0 amide bonds. The average Bonchev–Trinajstić information content (AvgIpc) is 3.09. The van der Waals surface area contributed by atoms with Crippen LogP contribution in [0.25, 0.3) is 11.0 Å². The summed E-state index contributed by atoms with van der Waals surface area (Å²) < 4.78 is 17.0. The highest BCUT2D eigenvalue weighted by atomic mass is 16.6. The van der Waals surface area contributed by atoms with Gasteiger partial charge < -0.3 is 13.9 Å². The van der Waals surface area contributed by atoms with Gasteiger partial charge in [0.1, 0.15) is 11.3 Å². The third kappa shape index (κ3) is 3.31. The molecule has 0 fully saturated rings. The molecule has 150 valence electrons. The molecule has 0 radical (unpaired) electrons. The van der Waals surface area contributed by atoms with E-state index in [9.17, 15) is 9.59 Å². The molecular weight excluding hydrogens is 368 g/mol. The van der Waals surface area contributed by atoms with Gasteiger partial charge in [-0.3, -0.25) is 0 Å². The van der Waals surface area contributed by atoms with E-state index in [1.807, 2.05) is 42.5 Å². The summed E-state index contributed by atoms with van der Waals surface area (Å²) in [6, 6.07) is 15.1. The molecule has 0 saturated heterocycles. The van der Waals surface area contributed by atoms with Crippen molar-refractivity contribution in [3.05, 3.63) is 75.6 Å². The number of hydrogen-bond acceptors (Lipinski definition) is 5. The van der Waals surface area contributed by atoms with E-state index in [0.29, 0.717) is 22.3 Å². The van der Waals surface area contributed by atoms with Crippen LogP contribution in [0.5, 0.6) is 5.75 Å². The van der Waals surface area contributed by atoms with Gasteiger partial charge in [-0.25, -0.2) is 9.59 Å². The van der Waals surface area contributed by atoms with Gasteiger partial charge in [-0.05, 0) is 35.6 Å². The van der Waals surface area contributed by atoms with Crippen LogP contribution in [0.2, 0.25) is 0 Å². The Morgan fingerprint density at radius 3 is 2.48 bits per heavy atom. The first-order chi connectivity index (χ1) is 13.8. The molecule has 4 rings (SSSR count). The largest absolute Gasteiger partial charge is 0.476 e. The van der Waals surface area contributed by atoms with Crippen LogP contribution in [0.4, 0.5) is 0 Å². The topological polar surface area (TPSA) is 65.7 Å². The van der Waals surface area contributed by atoms with Crippen molar-refractivity contribution in [2.75, 3.05) is 6.61 Å². The molecule has 0 saturated carbocycles. The molecule has 0 unspecified atom stereocenters. The summed E-state index contributed by atoms with van der Waals surface area (Å²) in [5.74, 6) is -0.657. The van der Waals surface area contributed by atoms with Gasteiger partial charge in [0, 0.05) is 0 Å². The molecule has 2 aromatic carbocycles. The second-order valence-electron chi connectivity index (χ2n) is 8.27. The summed E-state index contributed by atoms with van der Waals surface area (Å²) in [6.07, 6.45) is -0.931. The van der Waals surface area contributed by atoms with Gasteiger partial charge >= 0.3 is 11.6 Å². The molecule has 3 aromatic rings. The Hall–Kier alpha value is -3.08. The lowest BCUT2D eigenvalue weighted by Gasteiger charge is -2.19. The summed E-state index contributed by atoms with van der Waals surface area (Å²) in [7, 11) is 0. The third-order valence-corrected chi connectivity index (χ3v) is 5.29. The molecule has 0 spiro atoms. The van der Waals surface area contributed by atoms with E-state index in [2.05, 4.69) is 20.8 Å². The minimum atomic E-state index is -0.931. The smallest absolute Gasteiger partial charge is 0.348 e. The highest BCUT2D eigenvalue weighted by Gasteiger charge is 2.45. The number of esters is 1. The number of benzene rings is 2. The van der Waals surface area contributed by atoms with Gasteiger partial charge in [0.25, 0.3) is 0 Å². The number of rotatable bonds is 3. The number of hydrogen-bond donors (Lipinski definition) is 0. The summed E-state index contributed by atoms with van der Waals surface area (Å²) in [5, 5.41) is 0.694. The van der Waals surface area contributed by atoms with E-state index in [1.54, 1.807) is 13.0 Å². The Morgan fingerprint density at radius 1 is 1.10 bits per heavy atom. The molecule has 0 bridgehead atoms. The van der Waals surface area contributed by atoms with Crippen molar-refractivity contribution in [2.24, 2.45) is 0 Å². The predicted octanol–water partition coefficient (Wildman–Crippen LogP) is 4.55. The van der Waals surface area contributed by atoms with Crippen molar-refractivity contribution >= 4 is 16.9 Å². The van der Waals surface area contributed by atoms with E-state index in [0.717, 1.165) is 11.1 Å². The highest BCUT2D eigenvalue weighted by molar-refractivity contribution is 5.89. The molecule has 5 heteroatoms. The normalized spacial score (nSPS) is 18.3. The quantitative estimate of drug-likeness (QED) is 0.483. The first-order valence-electron chi connectivity index (χ1n) is 9.80. The van der Waals surface area contributed by atoms with Crippen LogP contribution in [0.15, 0.2) is 57.7 Å². The molecule has 1 aliphatic heterocycles. The maximum atomic E-state index is 12.9. The lowest BCUT2D eigenvalue weighted by molar-refractivity contribution is -0.151. The SMILES string of the molecule is CCOC(=O)[C@@H]1Oc2c(c(=O)oc3ccc(C(C)(C)C)cc23)[C@H]1c1ccccc1. The van der Waals surface area contributed by atoms with Crippen molar-refractivity contribution in [3.8, 4) is 5.75 Å². The molecule has 2 atom stereocenters. The minimum absolute atomic E-state index is 0.0881. The zero-order valence-electron chi connectivity index (χ0n) is 17.0. The maximum Gasteiger partial charge on any atom is 0.348 e. The molecule has 29 heavy (non-hydrogen) atoms. The van der Waals surface area contributed by atoms with Crippen LogP contribution in [-0.2, 0) is 14.9 Å². The number of carbonyl (C=O) groups excluding carboxylic acids is 1. The fourth-order valence-corrected chi connectivity index (χ4v) is 3.81. The van der Waals surface area contributed by atoms with Crippen LogP contribution in [0.1, 0.15) is 50.3 Å². The molecule has 1 aromatic heterocycles. The third-order valence-electron chi connectivity index (χ3n) is 5.29. The van der Waals surface area contributed by atoms with Gasteiger partial charge in [-0.15, -0.1) is 0 Å². The Bertz CT molecular complexity index is 1120. The second kappa shape index (κ2) is 7.07. The van der Waals surface area contributed by atoms with Gasteiger partial charge in [0.15, 0.2) is 0 Å². The Balaban J connectivity index is 1.97. The second-order valence-corrected chi connectivity index (χ2v) is 8.27. The summed E-state index contributed by atoms with van der Waals surface area (Å²) >= 11 is 0. The number of ether oxygens (including phenoxy) is 2. The van der Waals surface area contributed by atoms with Gasteiger partial charge in [-0.2, -0.15) is 0 Å². The molecule has 1 aliphatic rings. The molecular formula is C24H24O5. The average molecular weight is 392 g/mol. The maximum absolute atomic E-state index is 12.9. The van der Waals surface area contributed by atoms with Crippen molar-refractivity contribution in [3.63, 3.8) is 0 Å². The van der Waals surface area contributed by atoms with E-state index in [-0.39, 0.29) is 12.0 Å². The van der Waals surface area contributed by atoms with Gasteiger partial charge in [0.05, 0.1) is 23.5 Å². The lowest BCUT2D eigenvalue weighted by atomic mass is 9.85. The van der Waals surface area contributed by atoms with E-state index in [4.69, 9.17) is 13.9 Å². The fourth-order valence-electron chi connectivity index (χ4n) is 3.81.